The normalized spacial score (nSPS) is 10.8. The zero-order chi connectivity index (χ0) is 14.1. The van der Waals surface area contributed by atoms with Crippen LogP contribution < -0.4 is 16.0 Å². The Morgan fingerprint density at radius 2 is 2.00 bits per heavy atom. The second kappa shape index (κ2) is 4.69. The van der Waals surface area contributed by atoms with Crippen LogP contribution >= 0.6 is 0 Å². The number of aromatic nitrogens is 4. The molecule has 0 saturated carbocycles. The van der Waals surface area contributed by atoms with Gasteiger partial charge in [0.15, 0.2) is 11.2 Å². The SMILES string of the molecule is CCOc1ccc(-n2c(=O)[nH]c3nc[nH]c(=O)c32)cc1. The maximum atomic E-state index is 12.0. The highest BCUT2D eigenvalue weighted by Gasteiger charge is 2.12. The van der Waals surface area contributed by atoms with Gasteiger partial charge in [-0.05, 0) is 31.2 Å². The average Bonchev–Trinajstić information content (AvgIpc) is 2.78. The second-order valence-corrected chi connectivity index (χ2v) is 4.12. The van der Waals surface area contributed by atoms with Gasteiger partial charge < -0.3 is 9.72 Å². The predicted molar refractivity (Wildman–Crippen MR) is 73.5 cm³/mol. The predicted octanol–water partition coefficient (Wildman–Crippen LogP) is 0.801. The number of ether oxygens (including phenoxy) is 1. The van der Waals surface area contributed by atoms with Gasteiger partial charge in [0.2, 0.25) is 0 Å². The molecule has 2 aromatic heterocycles. The van der Waals surface area contributed by atoms with Crippen LogP contribution in [-0.2, 0) is 0 Å². The fourth-order valence-electron chi connectivity index (χ4n) is 2.05. The molecule has 0 unspecified atom stereocenters. The molecule has 0 spiro atoms. The Kier molecular flexibility index (Phi) is 2.86. The number of fused-ring (bicyclic) bond motifs is 1. The molecule has 7 nitrogen and oxygen atoms in total. The van der Waals surface area contributed by atoms with Gasteiger partial charge in [0.25, 0.3) is 5.56 Å². The smallest absolute Gasteiger partial charge is 0.332 e. The topological polar surface area (TPSA) is 92.8 Å². The number of rotatable bonds is 3. The molecule has 0 radical (unpaired) electrons. The molecule has 0 atom stereocenters. The van der Waals surface area contributed by atoms with Crippen LogP contribution in [0.5, 0.6) is 5.75 Å². The van der Waals surface area contributed by atoms with Crippen molar-refractivity contribution in [2.24, 2.45) is 0 Å². The van der Waals surface area contributed by atoms with Gasteiger partial charge >= 0.3 is 5.69 Å². The number of aromatic amines is 2. The monoisotopic (exact) mass is 272 g/mol. The number of H-pyrrole nitrogens is 2. The molecule has 3 aromatic rings. The van der Waals surface area contributed by atoms with Crippen LogP contribution in [0.4, 0.5) is 0 Å². The molecule has 0 saturated heterocycles. The van der Waals surface area contributed by atoms with Gasteiger partial charge in [-0.25, -0.2) is 9.78 Å². The first-order valence-electron chi connectivity index (χ1n) is 6.12. The first-order valence-corrected chi connectivity index (χ1v) is 6.12. The van der Waals surface area contributed by atoms with Gasteiger partial charge in [0, 0.05) is 0 Å². The lowest BCUT2D eigenvalue weighted by Crippen LogP contribution is -2.18. The fraction of sp³-hybridized carbons (Fsp3) is 0.154. The number of hydrogen-bond donors (Lipinski definition) is 2. The van der Waals surface area contributed by atoms with Crippen molar-refractivity contribution in [1.82, 2.24) is 19.5 Å². The van der Waals surface area contributed by atoms with Crippen molar-refractivity contribution < 1.29 is 4.74 Å². The highest BCUT2D eigenvalue weighted by atomic mass is 16.5. The van der Waals surface area contributed by atoms with Crippen molar-refractivity contribution in [3.05, 3.63) is 51.4 Å². The summed E-state index contributed by atoms with van der Waals surface area (Å²) in [6, 6.07) is 6.92. The van der Waals surface area contributed by atoms with Gasteiger partial charge in [0.1, 0.15) is 5.75 Å². The summed E-state index contributed by atoms with van der Waals surface area (Å²) in [7, 11) is 0. The Morgan fingerprint density at radius 1 is 1.25 bits per heavy atom. The molecule has 1 aromatic carbocycles. The van der Waals surface area contributed by atoms with E-state index in [9.17, 15) is 9.59 Å². The van der Waals surface area contributed by atoms with Crippen LogP contribution in [0.25, 0.3) is 16.9 Å². The van der Waals surface area contributed by atoms with Crippen molar-refractivity contribution >= 4 is 11.2 Å². The third kappa shape index (κ3) is 1.89. The summed E-state index contributed by atoms with van der Waals surface area (Å²) in [5, 5.41) is 0. The van der Waals surface area contributed by atoms with E-state index in [1.807, 2.05) is 6.92 Å². The number of benzene rings is 1. The van der Waals surface area contributed by atoms with Crippen LogP contribution in [0, 0.1) is 0 Å². The van der Waals surface area contributed by atoms with Crippen LogP contribution in [0.15, 0.2) is 40.2 Å². The maximum absolute atomic E-state index is 12.0. The molecule has 102 valence electrons. The van der Waals surface area contributed by atoms with E-state index in [0.29, 0.717) is 18.0 Å². The minimum Gasteiger partial charge on any atom is -0.494 e. The average molecular weight is 272 g/mol. The van der Waals surface area contributed by atoms with Crippen molar-refractivity contribution in [2.45, 2.75) is 6.92 Å². The molecule has 3 rings (SSSR count). The van der Waals surface area contributed by atoms with E-state index in [-0.39, 0.29) is 16.7 Å². The molecule has 0 amide bonds. The summed E-state index contributed by atoms with van der Waals surface area (Å²) >= 11 is 0. The number of hydrogen-bond acceptors (Lipinski definition) is 4. The summed E-state index contributed by atoms with van der Waals surface area (Å²) in [5.74, 6) is 0.705. The number of nitrogens with zero attached hydrogens (tertiary/aromatic N) is 2. The highest BCUT2D eigenvalue weighted by molar-refractivity contribution is 5.71. The zero-order valence-electron chi connectivity index (χ0n) is 10.7. The lowest BCUT2D eigenvalue weighted by Gasteiger charge is -2.05. The summed E-state index contributed by atoms with van der Waals surface area (Å²) in [6.45, 7) is 2.46. The minimum atomic E-state index is -0.409. The van der Waals surface area contributed by atoms with Gasteiger partial charge in [-0.3, -0.25) is 14.3 Å². The van der Waals surface area contributed by atoms with Gasteiger partial charge in [-0.2, -0.15) is 0 Å². The van der Waals surface area contributed by atoms with E-state index in [1.165, 1.54) is 10.9 Å². The number of imidazole rings is 1. The molecule has 2 heterocycles. The molecule has 20 heavy (non-hydrogen) atoms. The molecule has 0 aliphatic carbocycles. The Bertz CT molecular complexity index is 858. The van der Waals surface area contributed by atoms with E-state index in [0.717, 1.165) is 0 Å². The van der Waals surface area contributed by atoms with Crippen molar-refractivity contribution in [2.75, 3.05) is 6.61 Å². The summed E-state index contributed by atoms with van der Waals surface area (Å²) in [4.78, 5) is 32.8. The second-order valence-electron chi connectivity index (χ2n) is 4.12. The maximum Gasteiger partial charge on any atom is 0.332 e. The molecular formula is C13H12N4O3. The fourth-order valence-corrected chi connectivity index (χ4v) is 2.05. The van der Waals surface area contributed by atoms with Gasteiger partial charge in [0.05, 0.1) is 18.6 Å². The van der Waals surface area contributed by atoms with Crippen LogP contribution in [0.2, 0.25) is 0 Å². The Labute approximate surface area is 112 Å². The standard InChI is InChI=1S/C13H12N4O3/c1-2-20-9-5-3-8(4-6-9)17-10-11(16-13(17)19)14-7-15-12(10)18/h3-7H,2H2,1H3,(H2,14,15,16,18,19). The lowest BCUT2D eigenvalue weighted by atomic mass is 10.3. The van der Waals surface area contributed by atoms with Crippen molar-refractivity contribution in [1.29, 1.82) is 0 Å². The largest absolute Gasteiger partial charge is 0.494 e. The summed E-state index contributed by atoms with van der Waals surface area (Å²) < 4.78 is 6.63. The molecule has 7 heteroatoms. The quantitative estimate of drug-likeness (QED) is 0.737. The third-order valence-corrected chi connectivity index (χ3v) is 2.89. The highest BCUT2D eigenvalue weighted by Crippen LogP contribution is 2.16. The van der Waals surface area contributed by atoms with E-state index >= 15 is 0 Å². The van der Waals surface area contributed by atoms with Crippen molar-refractivity contribution in [3.63, 3.8) is 0 Å². The third-order valence-electron chi connectivity index (χ3n) is 2.89. The zero-order valence-corrected chi connectivity index (χ0v) is 10.7. The molecule has 0 fully saturated rings. The Balaban J connectivity index is 2.21. The Hall–Kier alpha value is -2.83. The summed E-state index contributed by atoms with van der Waals surface area (Å²) in [5.41, 5.74) is 0.244. The van der Waals surface area contributed by atoms with E-state index in [2.05, 4.69) is 15.0 Å². The van der Waals surface area contributed by atoms with E-state index in [4.69, 9.17) is 4.74 Å². The Morgan fingerprint density at radius 3 is 2.70 bits per heavy atom. The molecule has 0 bridgehead atoms. The van der Waals surface area contributed by atoms with Crippen molar-refractivity contribution in [3.8, 4) is 11.4 Å². The molecule has 0 aliphatic rings. The van der Waals surface area contributed by atoms with E-state index in [1.54, 1.807) is 24.3 Å². The minimum absolute atomic E-state index is 0.196. The van der Waals surface area contributed by atoms with Gasteiger partial charge in [-0.15, -0.1) is 0 Å². The molecule has 2 N–H and O–H groups in total. The first-order chi connectivity index (χ1) is 9.70. The molecule has 0 aliphatic heterocycles. The molecular weight excluding hydrogens is 260 g/mol. The van der Waals surface area contributed by atoms with Crippen LogP contribution in [0.1, 0.15) is 6.92 Å². The number of nitrogens with one attached hydrogen (secondary N) is 2. The summed E-state index contributed by atoms with van der Waals surface area (Å²) in [6.07, 6.45) is 1.25. The van der Waals surface area contributed by atoms with Gasteiger partial charge in [-0.1, -0.05) is 0 Å². The van der Waals surface area contributed by atoms with Crippen LogP contribution in [0.3, 0.4) is 0 Å². The first kappa shape index (κ1) is 12.2. The van der Waals surface area contributed by atoms with E-state index < -0.39 is 5.69 Å². The van der Waals surface area contributed by atoms with Crippen LogP contribution in [-0.4, -0.2) is 26.1 Å². The lowest BCUT2D eigenvalue weighted by molar-refractivity contribution is 0.340.